The van der Waals surface area contributed by atoms with Crippen LogP contribution in [0.4, 0.5) is 0 Å². The molecule has 22 heavy (non-hydrogen) atoms. The average molecular weight is 305 g/mol. The van der Waals surface area contributed by atoms with Crippen LogP contribution < -0.4 is 0 Å². The van der Waals surface area contributed by atoms with Crippen molar-refractivity contribution in [2.24, 2.45) is 5.92 Å². The van der Waals surface area contributed by atoms with Crippen LogP contribution in [-0.4, -0.2) is 40.7 Å². The summed E-state index contributed by atoms with van der Waals surface area (Å²) in [4.78, 5) is 14.5. The highest BCUT2D eigenvalue weighted by Gasteiger charge is 2.25. The molecule has 0 radical (unpaired) electrons. The fourth-order valence-electron chi connectivity index (χ4n) is 3.06. The summed E-state index contributed by atoms with van der Waals surface area (Å²) >= 11 is 0. The quantitative estimate of drug-likeness (QED) is 0.902. The molecule has 1 aliphatic heterocycles. The Bertz CT molecular complexity index is 526. The molecule has 1 saturated heterocycles. The van der Waals surface area contributed by atoms with E-state index >= 15 is 0 Å². The van der Waals surface area contributed by atoms with Gasteiger partial charge in [-0.25, -0.2) is 0 Å². The highest BCUT2D eigenvalue weighted by atomic mass is 16.3. The molecule has 0 bridgehead atoms. The molecule has 1 amide bonds. The zero-order valence-electron chi connectivity index (χ0n) is 13.8. The Morgan fingerprint density at radius 2 is 1.91 bits per heavy atom. The number of carbonyl (C=O) groups excluding carboxylic acids is 1. The summed E-state index contributed by atoms with van der Waals surface area (Å²) in [6, 6.07) is 5.14. The van der Waals surface area contributed by atoms with Crippen molar-refractivity contribution in [3.63, 3.8) is 0 Å². The van der Waals surface area contributed by atoms with Crippen LogP contribution in [0.3, 0.4) is 0 Å². The lowest BCUT2D eigenvalue weighted by molar-refractivity contribution is 0.0678. The molecule has 4 heteroatoms. The normalized spacial score (nSPS) is 16.8. The van der Waals surface area contributed by atoms with E-state index in [2.05, 4.69) is 0 Å². The van der Waals surface area contributed by atoms with Crippen LogP contribution in [0.5, 0.6) is 5.75 Å². The van der Waals surface area contributed by atoms with Gasteiger partial charge < -0.3 is 15.1 Å². The molecule has 0 aromatic heterocycles. The minimum absolute atomic E-state index is 0.0351. The Balaban J connectivity index is 2.11. The van der Waals surface area contributed by atoms with E-state index in [9.17, 15) is 9.90 Å². The first kappa shape index (κ1) is 16.8. The third-order valence-electron chi connectivity index (χ3n) is 4.49. The first-order chi connectivity index (χ1) is 10.3. The van der Waals surface area contributed by atoms with Crippen molar-refractivity contribution in [2.75, 3.05) is 19.7 Å². The molecule has 4 nitrogen and oxygen atoms in total. The Hall–Kier alpha value is -1.55. The second kappa shape index (κ2) is 6.69. The van der Waals surface area contributed by atoms with Crippen molar-refractivity contribution >= 4 is 5.91 Å². The molecule has 0 unspecified atom stereocenters. The molecule has 1 aromatic rings. The zero-order valence-corrected chi connectivity index (χ0v) is 13.8. The maximum Gasteiger partial charge on any atom is 0.253 e. The number of phenolic OH excluding ortho intramolecular Hbond substituents is 1. The van der Waals surface area contributed by atoms with E-state index in [4.69, 9.17) is 5.11 Å². The summed E-state index contributed by atoms with van der Waals surface area (Å²) in [6.07, 6.45) is 2.74. The molecular formula is C18H27NO3. The molecule has 1 heterocycles. The summed E-state index contributed by atoms with van der Waals surface area (Å²) in [5.41, 5.74) is 1.24. The van der Waals surface area contributed by atoms with Gasteiger partial charge in [0.2, 0.25) is 0 Å². The van der Waals surface area contributed by atoms with Gasteiger partial charge >= 0.3 is 0 Å². The topological polar surface area (TPSA) is 60.8 Å². The Morgan fingerprint density at radius 1 is 1.27 bits per heavy atom. The summed E-state index contributed by atoms with van der Waals surface area (Å²) in [6.45, 7) is 7.79. The maximum absolute atomic E-state index is 12.6. The fraction of sp³-hybridized carbons (Fsp3) is 0.611. The van der Waals surface area contributed by atoms with Crippen LogP contribution in [0.2, 0.25) is 0 Å². The third kappa shape index (κ3) is 3.80. The number of hydrogen-bond acceptors (Lipinski definition) is 3. The number of likely N-dealkylation sites (tertiary alicyclic amines) is 1. The van der Waals surface area contributed by atoms with Crippen molar-refractivity contribution < 1.29 is 15.0 Å². The van der Waals surface area contributed by atoms with E-state index < -0.39 is 0 Å². The van der Waals surface area contributed by atoms with Gasteiger partial charge in [-0.15, -0.1) is 0 Å². The molecule has 1 aliphatic rings. The first-order valence-electron chi connectivity index (χ1n) is 8.06. The first-order valence-corrected chi connectivity index (χ1v) is 8.06. The van der Waals surface area contributed by atoms with E-state index in [1.807, 2.05) is 31.7 Å². The van der Waals surface area contributed by atoms with Crippen molar-refractivity contribution in [3.8, 4) is 5.75 Å². The molecular weight excluding hydrogens is 278 g/mol. The van der Waals surface area contributed by atoms with Gasteiger partial charge in [0.15, 0.2) is 0 Å². The van der Waals surface area contributed by atoms with Crippen LogP contribution >= 0.6 is 0 Å². The molecule has 2 rings (SSSR count). The second-order valence-electron chi connectivity index (χ2n) is 7.23. The lowest BCUT2D eigenvalue weighted by atomic mass is 9.85. The predicted octanol–water partition coefficient (Wildman–Crippen LogP) is 2.92. The minimum atomic E-state index is -0.200. The molecule has 122 valence electrons. The summed E-state index contributed by atoms with van der Waals surface area (Å²) in [5, 5.41) is 19.0. The van der Waals surface area contributed by atoms with Gasteiger partial charge in [-0.2, -0.15) is 0 Å². The lowest BCUT2D eigenvalue weighted by Gasteiger charge is -2.32. The molecule has 0 aliphatic carbocycles. The highest BCUT2D eigenvalue weighted by molar-refractivity contribution is 5.94. The lowest BCUT2D eigenvalue weighted by Crippen LogP contribution is -2.38. The van der Waals surface area contributed by atoms with E-state index in [0.717, 1.165) is 37.9 Å². The van der Waals surface area contributed by atoms with Crippen molar-refractivity contribution in [1.29, 1.82) is 0 Å². The maximum atomic E-state index is 12.6. The number of amides is 1. The SMILES string of the molecule is CC(C)(C)c1cc(C(=O)N2CCC(CCO)CC2)ccc1O. The fourth-order valence-corrected chi connectivity index (χ4v) is 3.06. The van der Waals surface area contributed by atoms with Crippen molar-refractivity contribution in [1.82, 2.24) is 4.90 Å². The predicted molar refractivity (Wildman–Crippen MR) is 87.1 cm³/mol. The number of aliphatic hydroxyl groups is 1. The number of benzene rings is 1. The standard InChI is InChI=1S/C18H27NO3/c1-18(2,3)15-12-14(4-5-16(15)21)17(22)19-9-6-13(7-10-19)8-11-20/h4-5,12-13,20-21H,6-11H2,1-3H3. The summed E-state index contributed by atoms with van der Waals surface area (Å²) < 4.78 is 0. The smallest absolute Gasteiger partial charge is 0.253 e. The number of rotatable bonds is 3. The van der Waals surface area contributed by atoms with Gasteiger partial charge in [0.25, 0.3) is 5.91 Å². The van der Waals surface area contributed by atoms with Crippen molar-refractivity contribution in [3.05, 3.63) is 29.3 Å². The molecule has 0 atom stereocenters. The van der Waals surface area contributed by atoms with Gasteiger partial charge in [-0.1, -0.05) is 20.8 Å². The van der Waals surface area contributed by atoms with E-state index in [1.165, 1.54) is 0 Å². The number of hydrogen-bond donors (Lipinski definition) is 2. The second-order valence-corrected chi connectivity index (χ2v) is 7.23. The van der Waals surface area contributed by atoms with Gasteiger partial charge in [-0.3, -0.25) is 4.79 Å². The Labute approximate surface area is 132 Å². The Kier molecular flexibility index (Phi) is 5.12. The number of nitrogens with zero attached hydrogens (tertiary/aromatic N) is 1. The molecule has 0 spiro atoms. The van der Waals surface area contributed by atoms with E-state index in [0.29, 0.717) is 11.5 Å². The van der Waals surface area contributed by atoms with Crippen LogP contribution in [0.15, 0.2) is 18.2 Å². The van der Waals surface area contributed by atoms with Gasteiger partial charge in [-0.05, 0) is 48.8 Å². The van der Waals surface area contributed by atoms with Crippen LogP contribution in [0.1, 0.15) is 56.0 Å². The summed E-state index contributed by atoms with van der Waals surface area (Å²) in [7, 11) is 0. The van der Waals surface area contributed by atoms with E-state index in [-0.39, 0.29) is 23.7 Å². The highest BCUT2D eigenvalue weighted by Crippen LogP contribution is 2.32. The monoisotopic (exact) mass is 305 g/mol. The molecule has 1 aromatic carbocycles. The zero-order chi connectivity index (χ0) is 16.3. The largest absolute Gasteiger partial charge is 0.508 e. The minimum Gasteiger partial charge on any atom is -0.508 e. The van der Waals surface area contributed by atoms with Crippen molar-refractivity contribution in [2.45, 2.75) is 45.4 Å². The number of carbonyl (C=O) groups is 1. The van der Waals surface area contributed by atoms with Gasteiger partial charge in [0, 0.05) is 30.8 Å². The number of aliphatic hydroxyl groups excluding tert-OH is 1. The summed E-state index contributed by atoms with van der Waals surface area (Å²) in [5.74, 6) is 0.803. The van der Waals surface area contributed by atoms with E-state index in [1.54, 1.807) is 12.1 Å². The van der Waals surface area contributed by atoms with Crippen LogP contribution in [-0.2, 0) is 5.41 Å². The number of aromatic hydroxyl groups is 1. The Morgan fingerprint density at radius 3 is 2.45 bits per heavy atom. The number of phenols is 1. The molecule has 2 N–H and O–H groups in total. The number of piperidine rings is 1. The van der Waals surface area contributed by atoms with Crippen LogP contribution in [0.25, 0.3) is 0 Å². The molecule has 1 fully saturated rings. The average Bonchev–Trinajstić information content (AvgIpc) is 2.47. The third-order valence-corrected chi connectivity index (χ3v) is 4.49. The van der Waals surface area contributed by atoms with Crippen LogP contribution in [0, 0.1) is 5.92 Å². The van der Waals surface area contributed by atoms with Gasteiger partial charge in [0.1, 0.15) is 5.75 Å². The molecule has 0 saturated carbocycles. The van der Waals surface area contributed by atoms with Gasteiger partial charge in [0.05, 0.1) is 0 Å².